The van der Waals surface area contributed by atoms with E-state index < -0.39 is 12.3 Å². The lowest BCUT2D eigenvalue weighted by atomic mass is 10.1. The maximum Gasteiger partial charge on any atom is 0.337 e. The van der Waals surface area contributed by atoms with Crippen LogP contribution in [0.15, 0.2) is 48.5 Å². The van der Waals surface area contributed by atoms with Crippen molar-refractivity contribution >= 4 is 11.9 Å². The second kappa shape index (κ2) is 12.0. The van der Waals surface area contributed by atoms with Gasteiger partial charge in [0.2, 0.25) is 0 Å². The lowest BCUT2D eigenvalue weighted by molar-refractivity contribution is -0.101. The van der Waals surface area contributed by atoms with Crippen LogP contribution in [0.3, 0.4) is 0 Å². The van der Waals surface area contributed by atoms with Gasteiger partial charge in [-0.25, -0.2) is 9.59 Å². The molecule has 1 saturated heterocycles. The van der Waals surface area contributed by atoms with Crippen LogP contribution in [0.25, 0.3) is 0 Å². The van der Waals surface area contributed by atoms with Crippen LogP contribution in [0, 0.1) is 19.8 Å². The van der Waals surface area contributed by atoms with Gasteiger partial charge in [0, 0.05) is 5.92 Å². The van der Waals surface area contributed by atoms with Crippen molar-refractivity contribution in [3.63, 3.8) is 0 Å². The zero-order valence-corrected chi connectivity index (χ0v) is 17.6. The Morgan fingerprint density at radius 1 is 0.931 bits per heavy atom. The van der Waals surface area contributed by atoms with Gasteiger partial charge < -0.3 is 19.7 Å². The fraction of sp³-hybridized carbons (Fsp3) is 0.391. The minimum atomic E-state index is -0.875. The summed E-state index contributed by atoms with van der Waals surface area (Å²) in [4.78, 5) is 21.2. The van der Waals surface area contributed by atoms with Crippen LogP contribution in [0.1, 0.15) is 52.1 Å². The number of esters is 1. The molecule has 158 valence electrons. The van der Waals surface area contributed by atoms with Gasteiger partial charge in [-0.2, -0.15) is 0 Å². The van der Waals surface area contributed by atoms with Crippen molar-refractivity contribution in [1.29, 1.82) is 0 Å². The second-order valence-electron chi connectivity index (χ2n) is 7.08. The first-order chi connectivity index (χ1) is 13.6. The molecule has 1 heterocycles. The Hall–Kier alpha value is -2.70. The molecule has 3 unspecified atom stereocenters. The van der Waals surface area contributed by atoms with Gasteiger partial charge in [0.05, 0.1) is 24.3 Å². The van der Waals surface area contributed by atoms with Gasteiger partial charge in [0.15, 0.2) is 6.29 Å². The summed E-state index contributed by atoms with van der Waals surface area (Å²) >= 11 is 0. The molecule has 6 nitrogen and oxygen atoms in total. The predicted molar refractivity (Wildman–Crippen MR) is 111 cm³/mol. The second-order valence-corrected chi connectivity index (χ2v) is 7.08. The summed E-state index contributed by atoms with van der Waals surface area (Å²) in [7, 11) is 1.38. The van der Waals surface area contributed by atoms with Gasteiger partial charge in [-0.05, 0) is 51.5 Å². The third-order valence-electron chi connectivity index (χ3n) is 4.33. The molecular weight excluding hydrogens is 372 g/mol. The number of rotatable bonds is 2. The molecule has 0 radical (unpaired) electrons. The minimum Gasteiger partial charge on any atom is -0.478 e. The van der Waals surface area contributed by atoms with Crippen molar-refractivity contribution in [3.8, 4) is 0 Å². The normalized spacial score (nSPS) is 19.9. The smallest absolute Gasteiger partial charge is 0.337 e. The number of aliphatic hydroxyl groups is 1. The van der Waals surface area contributed by atoms with E-state index in [1.165, 1.54) is 7.11 Å². The Morgan fingerprint density at radius 3 is 1.66 bits per heavy atom. The number of benzene rings is 2. The third kappa shape index (κ3) is 8.89. The highest BCUT2D eigenvalue weighted by atomic mass is 16.6. The monoisotopic (exact) mass is 402 g/mol. The highest BCUT2D eigenvalue weighted by Crippen LogP contribution is 2.23. The standard InChI is InChI=1S/C9H10O2.C8H8O2.C6H12O2/c1-7-3-5-8(6-4-7)9(10)11-2;1-6-2-4-7(5-3-6)8(9)10;1-4-3-5(2)8-6(4)7/h3-6H,1-2H3;2-5H,1H3,(H,9,10);4-7H,3H2,1-2H3. The van der Waals surface area contributed by atoms with Crippen molar-refractivity contribution in [2.75, 3.05) is 7.11 Å². The van der Waals surface area contributed by atoms with E-state index in [-0.39, 0.29) is 12.1 Å². The molecule has 0 spiro atoms. The predicted octanol–water partition coefficient (Wildman–Crippen LogP) is 4.22. The Labute approximate surface area is 172 Å². The fourth-order valence-corrected chi connectivity index (χ4v) is 2.57. The van der Waals surface area contributed by atoms with Crippen LogP contribution in [0.2, 0.25) is 0 Å². The Balaban J connectivity index is 0.000000220. The van der Waals surface area contributed by atoms with Gasteiger partial charge in [-0.15, -0.1) is 0 Å². The number of hydrogen-bond acceptors (Lipinski definition) is 5. The summed E-state index contributed by atoms with van der Waals surface area (Å²) in [6.45, 7) is 7.87. The Morgan fingerprint density at radius 2 is 1.38 bits per heavy atom. The summed E-state index contributed by atoms with van der Waals surface area (Å²) < 4.78 is 9.57. The molecule has 1 aliphatic rings. The zero-order chi connectivity index (χ0) is 22.0. The average Bonchev–Trinajstić information content (AvgIpc) is 2.98. The molecular formula is C23H30O6. The minimum absolute atomic E-state index is 0.250. The zero-order valence-electron chi connectivity index (χ0n) is 17.6. The van der Waals surface area contributed by atoms with E-state index in [1.54, 1.807) is 36.4 Å². The highest BCUT2D eigenvalue weighted by Gasteiger charge is 2.26. The van der Waals surface area contributed by atoms with Crippen LogP contribution in [0.4, 0.5) is 0 Å². The molecule has 29 heavy (non-hydrogen) atoms. The largest absolute Gasteiger partial charge is 0.478 e. The first-order valence-electron chi connectivity index (χ1n) is 9.42. The SMILES string of the molecule is CC1CC(C)C(O)O1.COC(=O)c1ccc(C)cc1.Cc1ccc(C(=O)O)cc1. The molecule has 1 fully saturated rings. The maximum atomic E-state index is 10.9. The number of hydrogen-bond donors (Lipinski definition) is 2. The Kier molecular flexibility index (Phi) is 10.1. The Bertz CT molecular complexity index is 757. The highest BCUT2D eigenvalue weighted by molar-refractivity contribution is 5.89. The molecule has 3 atom stereocenters. The lowest BCUT2D eigenvalue weighted by Gasteiger charge is -2.04. The molecule has 0 saturated carbocycles. The number of carboxylic acid groups (broad SMARTS) is 1. The summed E-state index contributed by atoms with van der Waals surface area (Å²) in [5, 5.41) is 17.4. The molecule has 6 heteroatoms. The molecule has 0 aromatic heterocycles. The number of aromatic carboxylic acids is 1. The van der Waals surface area contributed by atoms with E-state index in [1.807, 2.05) is 39.8 Å². The molecule has 2 N–H and O–H groups in total. The molecule has 0 amide bonds. The first kappa shape index (κ1) is 24.3. The van der Waals surface area contributed by atoms with Gasteiger partial charge in [0.25, 0.3) is 0 Å². The maximum absolute atomic E-state index is 10.9. The molecule has 0 aliphatic carbocycles. The van der Waals surface area contributed by atoms with Gasteiger partial charge >= 0.3 is 11.9 Å². The van der Waals surface area contributed by atoms with E-state index in [0.29, 0.717) is 17.0 Å². The topological polar surface area (TPSA) is 93.1 Å². The molecule has 3 rings (SSSR count). The van der Waals surface area contributed by atoms with Crippen LogP contribution < -0.4 is 0 Å². The van der Waals surface area contributed by atoms with Crippen molar-refractivity contribution in [2.45, 2.75) is 46.5 Å². The summed E-state index contributed by atoms with van der Waals surface area (Å²) in [5.41, 5.74) is 3.14. The van der Waals surface area contributed by atoms with Crippen molar-refractivity contribution < 1.29 is 29.3 Å². The van der Waals surface area contributed by atoms with Gasteiger partial charge in [-0.1, -0.05) is 42.3 Å². The molecule has 2 aromatic carbocycles. The number of methoxy groups -OCH3 is 1. The quantitative estimate of drug-likeness (QED) is 0.731. The van der Waals surface area contributed by atoms with E-state index in [0.717, 1.165) is 17.5 Å². The van der Waals surface area contributed by atoms with Crippen molar-refractivity contribution in [2.24, 2.45) is 5.92 Å². The van der Waals surface area contributed by atoms with Gasteiger partial charge in [0.1, 0.15) is 0 Å². The lowest BCUT2D eigenvalue weighted by Crippen LogP contribution is -2.11. The number of aryl methyl sites for hydroxylation is 2. The van der Waals surface area contributed by atoms with Crippen LogP contribution in [-0.2, 0) is 9.47 Å². The summed E-state index contributed by atoms with van der Waals surface area (Å²) in [5.74, 6) is -0.838. The summed E-state index contributed by atoms with van der Waals surface area (Å²) in [6, 6.07) is 14.0. The number of carboxylic acids is 1. The van der Waals surface area contributed by atoms with E-state index in [9.17, 15) is 9.59 Å². The number of carbonyl (C=O) groups excluding carboxylic acids is 1. The summed E-state index contributed by atoms with van der Waals surface area (Å²) in [6.07, 6.45) is 0.728. The number of ether oxygens (including phenoxy) is 2. The van der Waals surface area contributed by atoms with E-state index in [4.69, 9.17) is 14.9 Å². The third-order valence-corrected chi connectivity index (χ3v) is 4.33. The van der Waals surface area contributed by atoms with Crippen molar-refractivity contribution in [1.82, 2.24) is 0 Å². The molecule has 1 aliphatic heterocycles. The van der Waals surface area contributed by atoms with Gasteiger partial charge in [-0.3, -0.25) is 0 Å². The molecule has 0 bridgehead atoms. The van der Waals surface area contributed by atoms with Crippen LogP contribution >= 0.6 is 0 Å². The van der Waals surface area contributed by atoms with Crippen LogP contribution in [-0.4, -0.2) is 41.7 Å². The fourth-order valence-electron chi connectivity index (χ4n) is 2.57. The van der Waals surface area contributed by atoms with E-state index >= 15 is 0 Å². The molecule has 2 aromatic rings. The number of aliphatic hydroxyl groups excluding tert-OH is 1. The first-order valence-corrected chi connectivity index (χ1v) is 9.42. The number of carbonyl (C=O) groups is 2. The average molecular weight is 402 g/mol. The van der Waals surface area contributed by atoms with Crippen LogP contribution in [0.5, 0.6) is 0 Å². The van der Waals surface area contributed by atoms with Crippen molar-refractivity contribution in [3.05, 3.63) is 70.8 Å². The van der Waals surface area contributed by atoms with E-state index in [2.05, 4.69) is 4.74 Å².